The van der Waals surface area contributed by atoms with Crippen molar-refractivity contribution in [3.05, 3.63) is 83.1 Å². The van der Waals surface area contributed by atoms with Crippen LogP contribution in [0.3, 0.4) is 0 Å². The van der Waals surface area contributed by atoms with E-state index in [0.29, 0.717) is 18.7 Å². The monoisotopic (exact) mass is 424 g/mol. The molecule has 3 rings (SSSR count). The zero-order chi connectivity index (χ0) is 22.4. The number of rotatable bonds is 8. The molecule has 0 aliphatic carbocycles. The number of nitrogens with zero attached hydrogens (tertiary/aromatic N) is 3. The van der Waals surface area contributed by atoms with Crippen LogP contribution in [-0.4, -0.2) is 44.1 Å². The van der Waals surface area contributed by atoms with E-state index in [4.69, 9.17) is 0 Å². The van der Waals surface area contributed by atoms with Gasteiger partial charge in [-0.05, 0) is 36.3 Å². The first kappa shape index (κ1) is 22.2. The molecule has 1 amide bonds. The number of amides is 1. The quantitative estimate of drug-likeness (QED) is 0.513. The summed E-state index contributed by atoms with van der Waals surface area (Å²) in [5.74, 6) is -2.19. The molecule has 0 saturated carbocycles. The van der Waals surface area contributed by atoms with E-state index < -0.39 is 23.6 Å². The van der Waals surface area contributed by atoms with Crippen LogP contribution in [0.25, 0.3) is 0 Å². The normalized spacial score (nSPS) is 12.0. The number of aromatic hydroxyl groups is 2. The van der Waals surface area contributed by atoms with Crippen LogP contribution in [0.4, 0.5) is 4.39 Å². The standard InChI is InChI=1S/C23H25FN4O3/c1-3-28(4-2)19(16-8-6-5-7-9-16)21-26-18(20(29)23(31)27-21)22(30)25-14-15-10-12-17(24)13-11-15/h5-13,19,29H,3-4,14H2,1-2H3,(H,25,30)(H,26,27,31). The topological polar surface area (TPSA) is 98.6 Å². The Hall–Kier alpha value is -3.52. The molecule has 0 aliphatic heterocycles. The average molecular weight is 424 g/mol. The first-order valence-electron chi connectivity index (χ1n) is 10.1. The Morgan fingerprint density at radius 3 is 2.29 bits per heavy atom. The van der Waals surface area contributed by atoms with Gasteiger partial charge in [-0.3, -0.25) is 9.69 Å². The molecule has 0 fully saturated rings. The Morgan fingerprint density at radius 1 is 1.03 bits per heavy atom. The molecule has 0 bridgehead atoms. The molecule has 3 aromatic rings. The fourth-order valence-corrected chi connectivity index (χ4v) is 3.36. The van der Waals surface area contributed by atoms with E-state index in [1.807, 2.05) is 44.2 Å². The minimum absolute atomic E-state index is 0.108. The predicted molar refractivity (Wildman–Crippen MR) is 114 cm³/mol. The highest BCUT2D eigenvalue weighted by atomic mass is 19.1. The van der Waals surface area contributed by atoms with Crippen molar-refractivity contribution in [2.75, 3.05) is 13.1 Å². The lowest BCUT2D eigenvalue weighted by atomic mass is 10.0. The van der Waals surface area contributed by atoms with E-state index in [0.717, 1.165) is 5.56 Å². The van der Waals surface area contributed by atoms with Crippen LogP contribution in [0.15, 0.2) is 54.6 Å². The highest BCUT2D eigenvalue weighted by Crippen LogP contribution is 2.32. The lowest BCUT2D eigenvalue weighted by Gasteiger charge is -2.29. The van der Waals surface area contributed by atoms with Gasteiger partial charge in [0.1, 0.15) is 5.82 Å². The van der Waals surface area contributed by atoms with Crippen molar-refractivity contribution >= 4 is 5.91 Å². The third-order valence-electron chi connectivity index (χ3n) is 5.00. The Labute approximate surface area is 180 Å². The molecule has 162 valence electrons. The van der Waals surface area contributed by atoms with Crippen LogP contribution in [0.2, 0.25) is 0 Å². The van der Waals surface area contributed by atoms with Gasteiger partial charge < -0.3 is 15.5 Å². The summed E-state index contributed by atoms with van der Waals surface area (Å²) in [5, 5.41) is 23.1. The Bertz CT molecular complexity index is 1020. The molecule has 2 aromatic carbocycles. The van der Waals surface area contributed by atoms with Crippen LogP contribution >= 0.6 is 0 Å². The number of aromatic nitrogens is 2. The van der Waals surface area contributed by atoms with Gasteiger partial charge in [0.2, 0.25) is 5.75 Å². The van der Waals surface area contributed by atoms with Gasteiger partial charge in [0, 0.05) is 6.54 Å². The molecule has 1 aromatic heterocycles. The number of carbonyl (C=O) groups excluding carboxylic acids is 1. The third kappa shape index (κ3) is 5.16. The molecule has 0 radical (unpaired) electrons. The molecule has 31 heavy (non-hydrogen) atoms. The summed E-state index contributed by atoms with van der Waals surface area (Å²) >= 11 is 0. The Balaban J connectivity index is 1.94. The summed E-state index contributed by atoms with van der Waals surface area (Å²) < 4.78 is 13.1. The molecular weight excluding hydrogens is 399 g/mol. The summed E-state index contributed by atoms with van der Waals surface area (Å²) in [6, 6.07) is 14.8. The van der Waals surface area contributed by atoms with E-state index in [9.17, 15) is 19.4 Å². The van der Waals surface area contributed by atoms with Gasteiger partial charge in [-0.2, -0.15) is 4.98 Å². The second-order valence-corrected chi connectivity index (χ2v) is 6.95. The zero-order valence-electron chi connectivity index (χ0n) is 17.4. The summed E-state index contributed by atoms with van der Waals surface area (Å²) in [6.07, 6.45) is 0. The zero-order valence-corrected chi connectivity index (χ0v) is 17.4. The number of hydrogen-bond acceptors (Lipinski definition) is 6. The van der Waals surface area contributed by atoms with E-state index in [-0.39, 0.29) is 23.9 Å². The smallest absolute Gasteiger partial charge is 0.274 e. The van der Waals surface area contributed by atoms with Gasteiger partial charge in [-0.15, -0.1) is 0 Å². The second kappa shape index (κ2) is 9.99. The second-order valence-electron chi connectivity index (χ2n) is 6.95. The number of benzene rings is 2. The number of carbonyl (C=O) groups is 1. The van der Waals surface area contributed by atoms with Crippen LogP contribution < -0.4 is 5.32 Å². The molecule has 0 aliphatic rings. The van der Waals surface area contributed by atoms with Gasteiger partial charge in [-0.1, -0.05) is 56.3 Å². The lowest BCUT2D eigenvalue weighted by Crippen LogP contribution is -2.32. The Kier molecular flexibility index (Phi) is 7.15. The van der Waals surface area contributed by atoms with E-state index in [1.165, 1.54) is 12.1 Å². The highest BCUT2D eigenvalue weighted by Gasteiger charge is 2.27. The molecule has 1 heterocycles. The van der Waals surface area contributed by atoms with Crippen LogP contribution in [0.1, 0.15) is 47.3 Å². The van der Waals surface area contributed by atoms with Crippen molar-refractivity contribution in [2.24, 2.45) is 0 Å². The largest absolute Gasteiger partial charge is 0.501 e. The van der Waals surface area contributed by atoms with Crippen LogP contribution in [0, 0.1) is 5.82 Å². The van der Waals surface area contributed by atoms with Crippen molar-refractivity contribution in [1.29, 1.82) is 0 Å². The minimum atomic E-state index is -0.688. The summed E-state index contributed by atoms with van der Waals surface area (Å²) in [5.41, 5.74) is 1.25. The lowest BCUT2D eigenvalue weighted by molar-refractivity contribution is 0.0940. The summed E-state index contributed by atoms with van der Waals surface area (Å²) in [7, 11) is 0. The van der Waals surface area contributed by atoms with Gasteiger partial charge in [0.05, 0.1) is 6.04 Å². The van der Waals surface area contributed by atoms with Crippen molar-refractivity contribution in [2.45, 2.75) is 26.4 Å². The Morgan fingerprint density at radius 2 is 1.68 bits per heavy atom. The maximum atomic E-state index is 13.1. The SMILES string of the molecule is CCN(CC)C(c1ccccc1)c1nc(O)c(O)c(C(=O)NCc2ccc(F)cc2)n1. The number of hydrogen-bond donors (Lipinski definition) is 3. The molecular formula is C23H25FN4O3. The van der Waals surface area contributed by atoms with Gasteiger partial charge in [0.15, 0.2) is 11.5 Å². The van der Waals surface area contributed by atoms with Crippen molar-refractivity contribution in [3.8, 4) is 11.6 Å². The van der Waals surface area contributed by atoms with Gasteiger partial charge in [-0.25, -0.2) is 9.37 Å². The van der Waals surface area contributed by atoms with E-state index >= 15 is 0 Å². The first-order chi connectivity index (χ1) is 14.9. The summed E-state index contributed by atoms with van der Waals surface area (Å²) in [4.78, 5) is 23.2. The molecule has 1 atom stereocenters. The molecule has 0 saturated heterocycles. The van der Waals surface area contributed by atoms with E-state index in [1.54, 1.807) is 12.1 Å². The van der Waals surface area contributed by atoms with Crippen molar-refractivity contribution < 1.29 is 19.4 Å². The van der Waals surface area contributed by atoms with E-state index in [2.05, 4.69) is 20.2 Å². The van der Waals surface area contributed by atoms with Crippen molar-refractivity contribution in [1.82, 2.24) is 20.2 Å². The first-order valence-corrected chi connectivity index (χ1v) is 10.1. The molecule has 0 spiro atoms. The fourth-order valence-electron chi connectivity index (χ4n) is 3.36. The average Bonchev–Trinajstić information content (AvgIpc) is 2.79. The van der Waals surface area contributed by atoms with Crippen LogP contribution in [0.5, 0.6) is 11.6 Å². The fraction of sp³-hybridized carbons (Fsp3) is 0.261. The molecule has 1 unspecified atom stereocenters. The highest BCUT2D eigenvalue weighted by molar-refractivity contribution is 5.95. The maximum Gasteiger partial charge on any atom is 0.274 e. The number of nitrogens with one attached hydrogen (secondary N) is 1. The minimum Gasteiger partial charge on any atom is -0.501 e. The third-order valence-corrected chi connectivity index (χ3v) is 5.00. The summed E-state index contributed by atoms with van der Waals surface area (Å²) in [6.45, 7) is 5.48. The van der Waals surface area contributed by atoms with Crippen molar-refractivity contribution in [3.63, 3.8) is 0 Å². The molecule has 3 N–H and O–H groups in total. The van der Waals surface area contributed by atoms with Crippen LogP contribution in [-0.2, 0) is 6.54 Å². The predicted octanol–water partition coefficient (Wildman–Crippen LogP) is 3.39. The van der Waals surface area contributed by atoms with Gasteiger partial charge >= 0.3 is 0 Å². The number of halogens is 1. The molecule has 7 nitrogen and oxygen atoms in total. The maximum absolute atomic E-state index is 13.1. The molecule has 8 heteroatoms. The van der Waals surface area contributed by atoms with Gasteiger partial charge in [0.25, 0.3) is 11.8 Å².